The first-order valence-corrected chi connectivity index (χ1v) is 28.4. The summed E-state index contributed by atoms with van der Waals surface area (Å²) in [5.74, 6) is 2.15. The third kappa shape index (κ3) is 8.49. The molecule has 2 spiro atoms. The molecule has 0 bridgehead atoms. The van der Waals surface area contributed by atoms with Crippen LogP contribution >= 0.6 is 0 Å². The molecule has 8 nitrogen and oxygen atoms in total. The zero-order valence-corrected chi connectivity index (χ0v) is 48.3. The van der Waals surface area contributed by atoms with E-state index >= 15 is 0 Å². The van der Waals surface area contributed by atoms with Gasteiger partial charge >= 0.3 is 0 Å². The Morgan fingerprint density at radius 3 is 1.36 bits per heavy atom. The van der Waals surface area contributed by atoms with E-state index in [0.29, 0.717) is 5.92 Å². The SMILES string of the molecule is CCN(C)c1ccc(-c2cc3c(c4ccccc24)N=CC2(O3)N(CC(C)C)c3ccccc3C2(C)C)cc1.CCN(CC)c1ccc(-c2cc3c(c4ccccc24)N=CC2(O3)N(CC(C)(C)C)c3ccccc3C2(C)C)cc1. The van der Waals surface area contributed by atoms with E-state index in [1.54, 1.807) is 0 Å². The highest BCUT2D eigenvalue weighted by Crippen LogP contribution is 2.58. The monoisotopic (exact) mass is 1030 g/mol. The van der Waals surface area contributed by atoms with Gasteiger partial charge in [0.2, 0.25) is 11.4 Å². The van der Waals surface area contributed by atoms with Crippen molar-refractivity contribution in [1.29, 1.82) is 0 Å². The number of aliphatic imine (C=N–C) groups is 2. The molecule has 4 aliphatic heterocycles. The second-order valence-electron chi connectivity index (χ2n) is 24.5. The van der Waals surface area contributed by atoms with Crippen LogP contribution in [0.1, 0.15) is 94.2 Å². The lowest BCUT2D eigenvalue weighted by Gasteiger charge is -2.48. The van der Waals surface area contributed by atoms with Crippen LogP contribution in [0.4, 0.5) is 34.1 Å². The second kappa shape index (κ2) is 19.7. The summed E-state index contributed by atoms with van der Waals surface area (Å²) < 4.78 is 14.5. The molecule has 2 atom stereocenters. The predicted molar refractivity (Wildman–Crippen MR) is 332 cm³/mol. The van der Waals surface area contributed by atoms with E-state index < -0.39 is 11.4 Å². The van der Waals surface area contributed by atoms with Gasteiger partial charge < -0.3 is 29.1 Å². The van der Waals surface area contributed by atoms with Crippen molar-refractivity contribution in [2.45, 2.75) is 105 Å². The van der Waals surface area contributed by atoms with E-state index in [0.717, 1.165) is 66.4 Å². The van der Waals surface area contributed by atoms with Crippen molar-refractivity contribution in [3.8, 4) is 33.8 Å². The third-order valence-corrected chi connectivity index (χ3v) is 17.1. The van der Waals surface area contributed by atoms with Gasteiger partial charge in [0.05, 0.1) is 23.3 Å². The van der Waals surface area contributed by atoms with Crippen LogP contribution in [-0.2, 0) is 10.8 Å². The molecular weight excluding hydrogens is 957 g/mol. The fourth-order valence-electron chi connectivity index (χ4n) is 12.8. The zero-order chi connectivity index (χ0) is 54.9. The van der Waals surface area contributed by atoms with E-state index in [9.17, 15) is 0 Å². The Labute approximate surface area is 464 Å². The first-order chi connectivity index (χ1) is 37.4. The highest BCUT2D eigenvalue weighted by atomic mass is 16.5. The summed E-state index contributed by atoms with van der Waals surface area (Å²) in [5.41, 5.74) is 12.1. The predicted octanol–water partition coefficient (Wildman–Crippen LogP) is 17.2. The van der Waals surface area contributed by atoms with Crippen molar-refractivity contribution in [3.05, 3.63) is 169 Å². The molecule has 78 heavy (non-hydrogen) atoms. The van der Waals surface area contributed by atoms with Gasteiger partial charge in [-0.2, -0.15) is 0 Å². The smallest absolute Gasteiger partial charge is 0.228 e. The van der Waals surface area contributed by atoms with Crippen molar-refractivity contribution in [1.82, 2.24) is 0 Å². The lowest BCUT2D eigenvalue weighted by Crippen LogP contribution is -2.63. The molecule has 0 amide bonds. The minimum Gasteiger partial charge on any atom is -0.459 e. The summed E-state index contributed by atoms with van der Waals surface area (Å²) in [6, 6.07) is 56.8. The number of hydrogen-bond donors (Lipinski definition) is 0. The van der Waals surface area contributed by atoms with Crippen LogP contribution in [0.25, 0.3) is 43.8 Å². The summed E-state index contributed by atoms with van der Waals surface area (Å²) in [4.78, 5) is 19.9. The summed E-state index contributed by atoms with van der Waals surface area (Å²) in [7, 11) is 2.12. The normalized spacial score (nSPS) is 19.1. The minimum absolute atomic E-state index is 0.0686. The molecule has 8 heteroatoms. The quantitative estimate of drug-likeness (QED) is 0.136. The maximum absolute atomic E-state index is 7.27. The molecular formula is C70H78N6O2. The molecule has 400 valence electrons. The molecule has 2 unspecified atom stereocenters. The number of rotatable bonds is 10. The van der Waals surface area contributed by atoms with Crippen LogP contribution in [0.5, 0.6) is 11.5 Å². The molecule has 0 saturated heterocycles. The van der Waals surface area contributed by atoms with Crippen LogP contribution in [0.2, 0.25) is 0 Å². The molecule has 4 aliphatic rings. The molecule has 8 aromatic rings. The Kier molecular flexibility index (Phi) is 13.3. The Balaban J connectivity index is 0.000000166. The Bertz CT molecular complexity index is 3600. The van der Waals surface area contributed by atoms with Gasteiger partial charge in [0.25, 0.3) is 0 Å². The zero-order valence-electron chi connectivity index (χ0n) is 48.3. The molecule has 12 rings (SSSR count). The highest BCUT2D eigenvalue weighted by molar-refractivity contribution is 6.08. The fraction of sp³-hybridized carbons (Fsp3) is 0.343. The van der Waals surface area contributed by atoms with E-state index in [1.165, 1.54) is 66.9 Å². The van der Waals surface area contributed by atoms with E-state index in [1.807, 2.05) is 0 Å². The number of para-hydroxylation sites is 2. The van der Waals surface area contributed by atoms with Crippen molar-refractivity contribution in [3.63, 3.8) is 0 Å². The maximum Gasteiger partial charge on any atom is 0.228 e. The standard InChI is InChI=1S/C36H41N3O.C34H37N3O/c1-8-38(9-2)26-20-18-25(19-21-26)29-22-32-33(28-15-11-10-14-27(28)29)37-23-36(40-32)35(6,7)30-16-12-13-17-31(30)39(36)24-34(3,4)5;1-7-36(6)25-18-16-24(17-19-25)28-20-31-32(27-13-9-8-12-26(27)28)35-22-34(38-31)33(4,5)29-14-10-11-15-30(29)37(34)21-23(2)3/h10-23H,8-9,24H2,1-7H3;8-20,22-23H,7,21H2,1-6H3. The Morgan fingerprint density at radius 1 is 0.513 bits per heavy atom. The molecule has 8 aromatic carbocycles. The number of fused-ring (bicyclic) bond motifs is 8. The molecule has 0 N–H and O–H groups in total. The van der Waals surface area contributed by atoms with Crippen LogP contribution in [0.15, 0.2) is 168 Å². The van der Waals surface area contributed by atoms with E-state index in [-0.39, 0.29) is 16.2 Å². The van der Waals surface area contributed by atoms with Gasteiger partial charge in [0.15, 0.2) is 0 Å². The Morgan fingerprint density at radius 2 is 0.923 bits per heavy atom. The lowest BCUT2D eigenvalue weighted by molar-refractivity contribution is 0.0717. The van der Waals surface area contributed by atoms with Crippen LogP contribution in [0.3, 0.4) is 0 Å². The van der Waals surface area contributed by atoms with Gasteiger partial charge in [-0.25, -0.2) is 0 Å². The maximum atomic E-state index is 7.27. The molecule has 0 aromatic heterocycles. The Hall–Kier alpha value is -7.58. The number of benzene rings is 8. The van der Waals surface area contributed by atoms with Gasteiger partial charge in [0, 0.05) is 73.3 Å². The van der Waals surface area contributed by atoms with Crippen molar-refractivity contribution in [2.24, 2.45) is 21.3 Å². The second-order valence-corrected chi connectivity index (χ2v) is 24.5. The average molecular weight is 1040 g/mol. The molecule has 0 aliphatic carbocycles. The van der Waals surface area contributed by atoms with Gasteiger partial charge in [0.1, 0.15) is 22.9 Å². The van der Waals surface area contributed by atoms with Crippen molar-refractivity contribution < 1.29 is 9.47 Å². The average Bonchev–Trinajstić information content (AvgIpc) is 3.63. The van der Waals surface area contributed by atoms with Crippen LogP contribution in [0, 0.1) is 11.3 Å². The van der Waals surface area contributed by atoms with E-state index in [2.05, 4.69) is 280 Å². The summed E-state index contributed by atoms with van der Waals surface area (Å²) in [5, 5.41) is 4.61. The molecule has 0 fully saturated rings. The third-order valence-electron chi connectivity index (χ3n) is 17.1. The first-order valence-electron chi connectivity index (χ1n) is 28.4. The summed E-state index contributed by atoms with van der Waals surface area (Å²) >= 11 is 0. The van der Waals surface area contributed by atoms with Gasteiger partial charge in [-0.1, -0.05) is 144 Å². The number of ether oxygens (including phenoxy) is 2. The summed E-state index contributed by atoms with van der Waals surface area (Å²) in [6.45, 7) is 31.8. The lowest BCUT2D eigenvalue weighted by atomic mass is 9.77. The molecule has 0 saturated carbocycles. The van der Waals surface area contributed by atoms with Gasteiger partial charge in [-0.15, -0.1) is 0 Å². The van der Waals surface area contributed by atoms with Gasteiger partial charge in [-0.05, 0) is 152 Å². The first kappa shape index (κ1) is 52.5. The van der Waals surface area contributed by atoms with Crippen molar-refractivity contribution >= 4 is 68.1 Å². The number of nitrogens with zero attached hydrogens (tertiary/aromatic N) is 6. The van der Waals surface area contributed by atoms with Gasteiger partial charge in [-0.3, -0.25) is 9.98 Å². The largest absolute Gasteiger partial charge is 0.459 e. The van der Waals surface area contributed by atoms with Crippen LogP contribution in [-0.4, -0.2) is 63.7 Å². The molecule has 4 heterocycles. The van der Waals surface area contributed by atoms with Crippen molar-refractivity contribution in [2.75, 3.05) is 59.4 Å². The molecule has 0 radical (unpaired) electrons. The minimum atomic E-state index is -0.733. The van der Waals surface area contributed by atoms with E-state index in [4.69, 9.17) is 19.5 Å². The fourth-order valence-corrected chi connectivity index (χ4v) is 12.8. The highest BCUT2D eigenvalue weighted by Gasteiger charge is 2.61. The number of hydrogen-bond acceptors (Lipinski definition) is 8. The van der Waals surface area contributed by atoms with Crippen LogP contribution < -0.4 is 29.1 Å². The topological polar surface area (TPSA) is 56.1 Å². The number of anilines is 4. The summed E-state index contributed by atoms with van der Waals surface area (Å²) in [6.07, 6.45) is 4.14.